The number of quaternary nitrogens is 1. The summed E-state index contributed by atoms with van der Waals surface area (Å²) in [5.41, 5.74) is 0. The third-order valence-electron chi connectivity index (χ3n) is 15.4. The van der Waals surface area contributed by atoms with Gasteiger partial charge in [0.05, 0.1) is 27.7 Å². The summed E-state index contributed by atoms with van der Waals surface area (Å²) in [7, 11) is 1.14. The van der Waals surface area contributed by atoms with Crippen molar-refractivity contribution < 1.29 is 42.1 Å². The Morgan fingerprint density at radius 2 is 0.574 bits per heavy atom. The number of allylic oxidation sites excluding steroid dienone is 30. The number of phosphoric ester groups is 1. The number of rotatable bonds is 67. The number of carbonyl (C=O) groups excluding carboxylic acids is 2. The SMILES string of the molecule is CC/C=C\C/C=C\C/C=C\C/C=C\C/C=C\C/C=C\C/C=C\C/C=C\CCCCCCCCC(=O)OC(COC(=O)CCCCCCCCCCCCCCCCCCC/C=C\C/C=C\C/C=C\C/C=C\C/C=C\C/C=C\C/C=C\CC)COP(=O)([O-])OCC[N+](C)(C)C. The van der Waals surface area contributed by atoms with Crippen molar-refractivity contribution in [1.29, 1.82) is 0 Å². The molecule has 0 aromatic carbocycles. The first-order valence-corrected chi connectivity index (χ1v) is 39.0. The van der Waals surface area contributed by atoms with Gasteiger partial charge < -0.3 is 27.9 Å². The lowest BCUT2D eigenvalue weighted by atomic mass is 10.0. The predicted molar refractivity (Wildman–Crippen MR) is 406 cm³/mol. The Hall–Kier alpha value is -4.89. The van der Waals surface area contributed by atoms with Gasteiger partial charge in [-0.25, -0.2) is 0 Å². The molecule has 0 heterocycles. The molecule has 0 aliphatic carbocycles. The van der Waals surface area contributed by atoms with E-state index >= 15 is 0 Å². The minimum absolute atomic E-state index is 0.0421. The largest absolute Gasteiger partial charge is 0.756 e. The first kappa shape index (κ1) is 89.1. The van der Waals surface area contributed by atoms with Gasteiger partial charge in [0.1, 0.15) is 19.8 Å². The van der Waals surface area contributed by atoms with Crippen LogP contribution in [0.4, 0.5) is 0 Å². The lowest BCUT2D eigenvalue weighted by molar-refractivity contribution is -0.870. The number of esters is 2. The van der Waals surface area contributed by atoms with Crippen molar-refractivity contribution in [1.82, 2.24) is 0 Å². The minimum atomic E-state index is -4.66. The molecule has 532 valence electrons. The van der Waals surface area contributed by atoms with Crippen LogP contribution in [0.5, 0.6) is 0 Å². The molecule has 0 aromatic heterocycles. The van der Waals surface area contributed by atoms with E-state index in [0.717, 1.165) is 154 Å². The summed E-state index contributed by atoms with van der Waals surface area (Å²) < 4.78 is 34.3. The molecule has 0 rings (SSSR count). The standard InChI is InChI=1S/C84H138NO8P/c1-6-8-10-12-14-16-18-20-22-24-26-28-30-32-34-36-38-39-40-41-42-43-44-45-47-48-50-52-54-56-58-60-62-64-66-68-70-72-74-76-83(86)90-80-82(81-92-94(88,89)91-79-78-85(3,4)5)93-84(87)77-75-73-71-69-67-65-63-61-59-57-55-53-51-49-46-37-35-33-31-29-27-25-23-21-19-17-15-13-11-9-7-2/h8-11,14-17,20-23,26-29,32-35,38-39,41-42,46,49,53,55,59,61,82H,6-7,12-13,18-19,24-25,30-31,36-37,40,43-45,47-48,50-52,54,56-58,60,62-81H2,1-5H3/b10-8-,11-9-,16-14-,17-15-,22-20-,23-21-,28-26-,29-27-,34-32-,35-33-,39-38-,42-41-,49-46-,55-53-,61-59-. The Bertz CT molecular complexity index is 2240. The molecule has 0 aromatic rings. The van der Waals surface area contributed by atoms with Gasteiger partial charge in [0.2, 0.25) is 0 Å². The van der Waals surface area contributed by atoms with E-state index in [1.807, 2.05) is 21.1 Å². The van der Waals surface area contributed by atoms with E-state index in [1.54, 1.807) is 0 Å². The maximum absolute atomic E-state index is 12.9. The van der Waals surface area contributed by atoms with Crippen LogP contribution in [-0.2, 0) is 32.7 Å². The van der Waals surface area contributed by atoms with Crippen LogP contribution in [0.2, 0.25) is 0 Å². The third kappa shape index (κ3) is 76.1. The van der Waals surface area contributed by atoms with E-state index < -0.39 is 32.5 Å². The zero-order valence-electron chi connectivity index (χ0n) is 60.6. The second-order valence-corrected chi connectivity index (χ2v) is 27.0. The number of hydrogen-bond acceptors (Lipinski definition) is 8. The second-order valence-electron chi connectivity index (χ2n) is 25.5. The number of phosphoric acid groups is 1. The molecule has 2 atom stereocenters. The summed E-state index contributed by atoms with van der Waals surface area (Å²) in [6, 6.07) is 0. The molecule has 0 radical (unpaired) electrons. The third-order valence-corrected chi connectivity index (χ3v) is 16.4. The lowest BCUT2D eigenvalue weighted by Crippen LogP contribution is -2.37. The van der Waals surface area contributed by atoms with Gasteiger partial charge in [-0.1, -0.05) is 318 Å². The average Bonchev–Trinajstić information content (AvgIpc) is 1.66. The molecule has 94 heavy (non-hydrogen) atoms. The predicted octanol–water partition coefficient (Wildman–Crippen LogP) is 24.4. The van der Waals surface area contributed by atoms with E-state index in [0.29, 0.717) is 17.4 Å². The van der Waals surface area contributed by atoms with Crippen molar-refractivity contribution in [2.45, 2.75) is 290 Å². The number of hydrogen-bond donors (Lipinski definition) is 0. The summed E-state index contributed by atoms with van der Waals surface area (Å²) in [5.74, 6) is -0.855. The molecule has 0 aliphatic rings. The van der Waals surface area contributed by atoms with Crippen LogP contribution in [0.25, 0.3) is 0 Å². The normalized spacial score (nSPS) is 14.1. The molecule has 0 spiro atoms. The molecule has 10 heteroatoms. The van der Waals surface area contributed by atoms with Crippen molar-refractivity contribution in [3.8, 4) is 0 Å². The Balaban J connectivity index is 4.08. The van der Waals surface area contributed by atoms with Crippen LogP contribution >= 0.6 is 7.82 Å². The number of carbonyl (C=O) groups is 2. The van der Waals surface area contributed by atoms with Crippen molar-refractivity contribution in [2.24, 2.45) is 0 Å². The fourth-order valence-corrected chi connectivity index (χ4v) is 10.5. The highest BCUT2D eigenvalue weighted by molar-refractivity contribution is 7.45. The molecule has 9 nitrogen and oxygen atoms in total. The number of nitrogens with zero attached hydrogens (tertiary/aromatic N) is 1. The lowest BCUT2D eigenvalue weighted by Gasteiger charge is -2.28. The van der Waals surface area contributed by atoms with Gasteiger partial charge in [-0.05, 0) is 135 Å². The van der Waals surface area contributed by atoms with Crippen LogP contribution in [0, 0.1) is 0 Å². The van der Waals surface area contributed by atoms with Gasteiger partial charge in [-0.2, -0.15) is 0 Å². The maximum Gasteiger partial charge on any atom is 0.306 e. The summed E-state index contributed by atoms with van der Waals surface area (Å²) in [6.07, 6.45) is 111. The Morgan fingerprint density at radius 1 is 0.330 bits per heavy atom. The van der Waals surface area contributed by atoms with E-state index in [1.165, 1.54) is 96.3 Å². The van der Waals surface area contributed by atoms with Crippen LogP contribution in [0.15, 0.2) is 182 Å². The van der Waals surface area contributed by atoms with Crippen molar-refractivity contribution in [3.63, 3.8) is 0 Å². The monoisotopic (exact) mass is 1320 g/mol. The van der Waals surface area contributed by atoms with E-state index in [4.69, 9.17) is 18.5 Å². The highest BCUT2D eigenvalue weighted by Gasteiger charge is 2.22. The quantitative estimate of drug-likeness (QED) is 0.0195. The van der Waals surface area contributed by atoms with E-state index in [2.05, 4.69) is 196 Å². The van der Waals surface area contributed by atoms with Crippen molar-refractivity contribution >= 4 is 19.8 Å². The van der Waals surface area contributed by atoms with Crippen LogP contribution < -0.4 is 4.89 Å². The molecule has 0 aliphatic heterocycles. The fraction of sp³-hybridized carbons (Fsp3) is 0.619. The molecule has 0 saturated heterocycles. The fourth-order valence-electron chi connectivity index (χ4n) is 9.77. The molecule has 0 fully saturated rings. The summed E-state index contributed by atoms with van der Waals surface area (Å²) >= 11 is 0. The van der Waals surface area contributed by atoms with E-state index in [-0.39, 0.29) is 26.1 Å². The topological polar surface area (TPSA) is 111 Å². The molecule has 0 saturated carbocycles. The highest BCUT2D eigenvalue weighted by atomic mass is 31.2. The van der Waals surface area contributed by atoms with Gasteiger partial charge in [0, 0.05) is 12.8 Å². The van der Waals surface area contributed by atoms with E-state index in [9.17, 15) is 19.0 Å². The molecule has 0 bridgehead atoms. The molecule has 2 unspecified atom stereocenters. The van der Waals surface area contributed by atoms with Gasteiger partial charge in [0.25, 0.3) is 7.82 Å². The van der Waals surface area contributed by atoms with Crippen LogP contribution in [0.1, 0.15) is 284 Å². The molecular weight excluding hydrogens is 1180 g/mol. The Kier molecular flexibility index (Phi) is 68.6. The first-order chi connectivity index (χ1) is 46.0. The molecular formula is C84H138NO8P. The van der Waals surface area contributed by atoms with Crippen LogP contribution in [0.3, 0.4) is 0 Å². The second kappa shape index (κ2) is 72.4. The van der Waals surface area contributed by atoms with Crippen LogP contribution in [-0.4, -0.2) is 70.0 Å². The number of likely N-dealkylation sites (N-methyl/N-ethyl adjacent to an activating group) is 1. The Labute approximate surface area is 578 Å². The first-order valence-electron chi connectivity index (χ1n) is 37.5. The highest BCUT2D eigenvalue weighted by Crippen LogP contribution is 2.38. The summed E-state index contributed by atoms with van der Waals surface area (Å²) in [4.78, 5) is 38.1. The van der Waals surface area contributed by atoms with Gasteiger partial charge in [0.15, 0.2) is 6.10 Å². The zero-order chi connectivity index (χ0) is 68.3. The van der Waals surface area contributed by atoms with Crippen molar-refractivity contribution in [3.05, 3.63) is 182 Å². The molecule has 0 N–H and O–H groups in total. The number of ether oxygens (including phenoxy) is 2. The Morgan fingerprint density at radius 3 is 0.851 bits per heavy atom. The zero-order valence-corrected chi connectivity index (χ0v) is 61.5. The number of unbranched alkanes of at least 4 members (excludes halogenated alkanes) is 23. The van der Waals surface area contributed by atoms with Crippen molar-refractivity contribution in [2.75, 3.05) is 47.5 Å². The molecule has 0 amide bonds. The summed E-state index contributed by atoms with van der Waals surface area (Å²) in [6.45, 7) is 3.99. The van der Waals surface area contributed by atoms with Gasteiger partial charge in [-0.15, -0.1) is 0 Å². The summed E-state index contributed by atoms with van der Waals surface area (Å²) in [5, 5.41) is 0. The van der Waals surface area contributed by atoms with Gasteiger partial charge >= 0.3 is 11.9 Å². The maximum atomic E-state index is 12.9. The smallest absolute Gasteiger partial charge is 0.306 e. The minimum Gasteiger partial charge on any atom is -0.756 e. The average molecular weight is 1320 g/mol. The van der Waals surface area contributed by atoms with Gasteiger partial charge in [-0.3, -0.25) is 14.2 Å².